The van der Waals surface area contributed by atoms with Gasteiger partial charge in [0.05, 0.1) is 23.4 Å². The topological polar surface area (TPSA) is 44.1 Å². The van der Waals surface area contributed by atoms with E-state index < -0.39 is 0 Å². The Labute approximate surface area is 144 Å². The summed E-state index contributed by atoms with van der Waals surface area (Å²) >= 11 is 3.14. The second kappa shape index (κ2) is 6.84. The maximum Gasteiger partial charge on any atom is 0.272 e. The number of thioether (sulfide) groups is 2. The molecule has 23 heavy (non-hydrogen) atoms. The van der Waals surface area contributed by atoms with E-state index >= 15 is 0 Å². The lowest BCUT2D eigenvalue weighted by Crippen LogP contribution is -2.23. The Morgan fingerprint density at radius 2 is 2.22 bits per heavy atom. The fourth-order valence-electron chi connectivity index (χ4n) is 2.49. The highest BCUT2D eigenvalue weighted by Crippen LogP contribution is 2.34. The van der Waals surface area contributed by atoms with E-state index in [1.807, 2.05) is 30.3 Å². The maximum absolute atomic E-state index is 13.0. The summed E-state index contributed by atoms with van der Waals surface area (Å²) in [5.74, 6) is 1.48. The molecule has 0 spiro atoms. The van der Waals surface area contributed by atoms with Crippen molar-refractivity contribution >= 4 is 23.5 Å². The van der Waals surface area contributed by atoms with Crippen LogP contribution in [-0.4, -0.2) is 27.7 Å². The highest BCUT2D eigenvalue weighted by atomic mass is 32.2. The van der Waals surface area contributed by atoms with Crippen molar-refractivity contribution in [1.82, 2.24) is 9.55 Å². The van der Waals surface area contributed by atoms with Crippen LogP contribution in [0.1, 0.15) is 12.6 Å². The average molecular weight is 346 g/mol. The van der Waals surface area contributed by atoms with Crippen molar-refractivity contribution in [3.63, 3.8) is 0 Å². The predicted molar refractivity (Wildman–Crippen MR) is 96.3 cm³/mol. The van der Waals surface area contributed by atoms with Gasteiger partial charge in [0, 0.05) is 17.4 Å². The van der Waals surface area contributed by atoms with Crippen molar-refractivity contribution < 1.29 is 4.74 Å². The van der Waals surface area contributed by atoms with Crippen LogP contribution in [0.15, 0.2) is 51.8 Å². The van der Waals surface area contributed by atoms with Gasteiger partial charge < -0.3 is 4.74 Å². The summed E-state index contributed by atoms with van der Waals surface area (Å²) in [6, 6.07) is 7.48. The third-order valence-corrected chi connectivity index (χ3v) is 5.69. The van der Waals surface area contributed by atoms with E-state index in [1.165, 1.54) is 11.8 Å². The Kier molecular flexibility index (Phi) is 4.82. The number of benzene rings is 1. The van der Waals surface area contributed by atoms with Crippen molar-refractivity contribution in [3.05, 3.63) is 53.0 Å². The third kappa shape index (κ3) is 3.19. The van der Waals surface area contributed by atoms with Gasteiger partial charge in [-0.2, -0.15) is 0 Å². The Balaban J connectivity index is 2.14. The molecule has 1 aromatic carbocycles. The predicted octanol–water partition coefficient (Wildman–Crippen LogP) is 3.56. The van der Waals surface area contributed by atoms with Gasteiger partial charge in [-0.1, -0.05) is 24.8 Å². The number of methoxy groups -OCH3 is 1. The molecule has 2 aromatic rings. The van der Waals surface area contributed by atoms with Crippen LogP contribution in [-0.2, 0) is 6.42 Å². The highest BCUT2D eigenvalue weighted by Gasteiger charge is 2.26. The van der Waals surface area contributed by atoms with Gasteiger partial charge in [0.25, 0.3) is 5.56 Å². The lowest BCUT2D eigenvalue weighted by molar-refractivity contribution is 0.414. The van der Waals surface area contributed by atoms with E-state index in [0.717, 1.165) is 28.4 Å². The fourth-order valence-corrected chi connectivity index (χ4v) is 4.35. The molecule has 0 radical (unpaired) electrons. The monoisotopic (exact) mass is 346 g/mol. The van der Waals surface area contributed by atoms with Gasteiger partial charge in [0.15, 0.2) is 5.16 Å². The molecule has 2 heterocycles. The summed E-state index contributed by atoms with van der Waals surface area (Å²) in [5, 5.41) is 1.11. The van der Waals surface area contributed by atoms with Crippen LogP contribution in [0.2, 0.25) is 0 Å². The zero-order valence-electron chi connectivity index (χ0n) is 13.1. The first-order chi connectivity index (χ1) is 11.1. The zero-order chi connectivity index (χ0) is 16.4. The Morgan fingerprint density at radius 3 is 2.87 bits per heavy atom. The van der Waals surface area contributed by atoms with Crippen LogP contribution < -0.4 is 10.3 Å². The second-order valence-corrected chi connectivity index (χ2v) is 7.68. The summed E-state index contributed by atoms with van der Waals surface area (Å²) in [6.07, 6.45) is 2.67. The van der Waals surface area contributed by atoms with Crippen molar-refractivity contribution in [1.29, 1.82) is 0 Å². The normalized spacial score (nSPS) is 16.2. The van der Waals surface area contributed by atoms with Gasteiger partial charge in [0.2, 0.25) is 0 Å². The van der Waals surface area contributed by atoms with Crippen molar-refractivity contribution in [2.24, 2.45) is 0 Å². The van der Waals surface area contributed by atoms with Gasteiger partial charge in [-0.25, -0.2) is 4.98 Å². The molecular weight excluding hydrogens is 328 g/mol. The number of ether oxygens (including phenoxy) is 1. The Hall–Kier alpha value is -1.66. The van der Waals surface area contributed by atoms with Crippen molar-refractivity contribution in [2.75, 3.05) is 12.9 Å². The molecule has 0 amide bonds. The number of rotatable bonds is 5. The summed E-state index contributed by atoms with van der Waals surface area (Å²) in [6.45, 7) is 5.88. The highest BCUT2D eigenvalue weighted by molar-refractivity contribution is 8.00. The lowest BCUT2D eigenvalue weighted by atomic mass is 10.2. The molecule has 6 heteroatoms. The first-order valence-corrected chi connectivity index (χ1v) is 9.21. The van der Waals surface area contributed by atoms with Crippen LogP contribution in [0, 0.1) is 0 Å². The molecule has 3 rings (SSSR count). The van der Waals surface area contributed by atoms with E-state index in [-0.39, 0.29) is 5.56 Å². The van der Waals surface area contributed by atoms with Gasteiger partial charge in [-0.05, 0) is 24.3 Å². The molecule has 0 N–H and O–H groups in total. The number of fused-ring (bicyclic) bond motifs is 1. The van der Waals surface area contributed by atoms with E-state index in [1.54, 1.807) is 23.4 Å². The maximum atomic E-state index is 13.0. The van der Waals surface area contributed by atoms with Crippen LogP contribution in [0.4, 0.5) is 0 Å². The molecule has 4 nitrogen and oxygen atoms in total. The van der Waals surface area contributed by atoms with E-state index in [9.17, 15) is 4.79 Å². The molecule has 1 unspecified atom stereocenters. The van der Waals surface area contributed by atoms with Crippen molar-refractivity contribution in [3.8, 4) is 11.4 Å². The summed E-state index contributed by atoms with van der Waals surface area (Å²) in [7, 11) is 1.63. The van der Waals surface area contributed by atoms with Crippen LogP contribution in [0.5, 0.6) is 5.75 Å². The van der Waals surface area contributed by atoms with E-state index in [4.69, 9.17) is 9.72 Å². The van der Waals surface area contributed by atoms with Gasteiger partial charge in [-0.15, -0.1) is 18.3 Å². The zero-order valence-corrected chi connectivity index (χ0v) is 14.7. The number of aromatic nitrogens is 2. The van der Waals surface area contributed by atoms with Gasteiger partial charge in [0.1, 0.15) is 5.75 Å². The first-order valence-electron chi connectivity index (χ1n) is 7.34. The van der Waals surface area contributed by atoms with Gasteiger partial charge in [-0.3, -0.25) is 9.36 Å². The minimum atomic E-state index is 0.0149. The van der Waals surface area contributed by atoms with E-state index in [2.05, 4.69) is 13.5 Å². The quantitative estimate of drug-likeness (QED) is 0.470. The molecule has 1 aliphatic heterocycles. The largest absolute Gasteiger partial charge is 0.497 e. The molecule has 0 aliphatic carbocycles. The molecule has 0 saturated carbocycles. The molecule has 0 bridgehead atoms. The molecule has 0 fully saturated rings. The molecule has 1 atom stereocenters. The SMILES string of the molecule is C=CCSc1nc2c(c(=O)n1-c1ccc(OC)cc1)SC(C)C2. The second-order valence-electron chi connectivity index (χ2n) is 5.24. The molecule has 120 valence electrons. The Morgan fingerprint density at radius 1 is 1.48 bits per heavy atom. The summed E-state index contributed by atoms with van der Waals surface area (Å²) in [5.41, 5.74) is 1.74. The minimum absolute atomic E-state index is 0.0149. The number of nitrogens with zero attached hydrogens (tertiary/aromatic N) is 2. The van der Waals surface area contributed by atoms with E-state index in [0.29, 0.717) is 16.2 Å². The molecule has 1 aromatic heterocycles. The molecule has 1 aliphatic rings. The molecular formula is C17H18N2O2S2. The third-order valence-electron chi connectivity index (χ3n) is 3.54. The van der Waals surface area contributed by atoms with Crippen LogP contribution >= 0.6 is 23.5 Å². The standard InChI is InChI=1S/C17H18N2O2S2/c1-4-9-22-17-18-14-10-11(2)23-15(14)16(20)19(17)12-5-7-13(21-3)8-6-12/h4-8,11H,1,9-10H2,2-3H3. The average Bonchev–Trinajstić information content (AvgIpc) is 2.94. The molecule has 0 saturated heterocycles. The Bertz CT molecular complexity index is 784. The minimum Gasteiger partial charge on any atom is -0.497 e. The summed E-state index contributed by atoms with van der Waals surface area (Å²) < 4.78 is 6.88. The van der Waals surface area contributed by atoms with Crippen LogP contribution in [0.3, 0.4) is 0 Å². The first kappa shape index (κ1) is 16.2. The smallest absolute Gasteiger partial charge is 0.272 e. The number of hydrogen-bond acceptors (Lipinski definition) is 5. The number of hydrogen-bond donors (Lipinski definition) is 0. The van der Waals surface area contributed by atoms with Crippen molar-refractivity contribution in [2.45, 2.75) is 28.6 Å². The van der Waals surface area contributed by atoms with Gasteiger partial charge >= 0.3 is 0 Å². The van der Waals surface area contributed by atoms with Crippen LogP contribution in [0.25, 0.3) is 5.69 Å². The summed E-state index contributed by atoms with van der Waals surface area (Å²) in [4.78, 5) is 18.5. The fraction of sp³-hybridized carbons (Fsp3) is 0.294. The lowest BCUT2D eigenvalue weighted by Gasteiger charge is -2.13.